The second kappa shape index (κ2) is 9.34. The SMILES string of the molecule is COc1ccc(C2=C(Nc3cc(Cl)ccc3C)C(=O)N(Cc3cccnc3)C2=O)cc1OC. The number of nitrogens with zero attached hydrogens (tertiary/aromatic N) is 2. The number of ether oxygens (including phenoxy) is 2. The summed E-state index contributed by atoms with van der Waals surface area (Å²) in [5.74, 6) is 0.115. The molecule has 0 bridgehead atoms. The summed E-state index contributed by atoms with van der Waals surface area (Å²) in [4.78, 5) is 32.3. The van der Waals surface area contributed by atoms with Gasteiger partial charge in [0.2, 0.25) is 0 Å². The minimum absolute atomic E-state index is 0.0992. The standard InChI is InChI=1S/C25H22ClN3O4/c1-15-6-8-18(26)12-19(15)28-23-22(17-7-9-20(32-2)21(11-17)33-3)24(30)29(25(23)31)14-16-5-4-10-27-13-16/h4-13,28H,14H2,1-3H3. The number of carbonyl (C=O) groups is 2. The fraction of sp³-hybridized carbons (Fsp3) is 0.160. The van der Waals surface area contributed by atoms with Crippen molar-refractivity contribution in [1.82, 2.24) is 9.88 Å². The largest absolute Gasteiger partial charge is 0.493 e. The van der Waals surface area contributed by atoms with E-state index in [9.17, 15) is 9.59 Å². The molecule has 8 heteroatoms. The Kier molecular flexibility index (Phi) is 6.33. The lowest BCUT2D eigenvalue weighted by atomic mass is 10.0. The van der Waals surface area contributed by atoms with E-state index >= 15 is 0 Å². The average molecular weight is 464 g/mol. The minimum Gasteiger partial charge on any atom is -0.493 e. The van der Waals surface area contributed by atoms with Crippen LogP contribution in [0.4, 0.5) is 5.69 Å². The Morgan fingerprint density at radius 1 is 1.00 bits per heavy atom. The Hall–Kier alpha value is -3.84. The molecule has 0 aliphatic carbocycles. The lowest BCUT2D eigenvalue weighted by Gasteiger charge is -2.15. The van der Waals surface area contributed by atoms with Crippen LogP contribution in [0, 0.1) is 6.92 Å². The summed E-state index contributed by atoms with van der Waals surface area (Å²) in [6, 6.07) is 14.0. The first-order chi connectivity index (χ1) is 15.9. The normalized spacial score (nSPS) is 13.5. The van der Waals surface area contributed by atoms with Crippen molar-refractivity contribution in [3.63, 3.8) is 0 Å². The van der Waals surface area contributed by atoms with Crippen LogP contribution in [-0.4, -0.2) is 35.9 Å². The number of aromatic nitrogens is 1. The maximum atomic E-state index is 13.5. The molecule has 2 amide bonds. The van der Waals surface area contributed by atoms with Crippen LogP contribution in [0.25, 0.3) is 5.57 Å². The quantitative estimate of drug-likeness (QED) is 0.521. The summed E-state index contributed by atoms with van der Waals surface area (Å²) < 4.78 is 10.7. The maximum Gasteiger partial charge on any atom is 0.278 e. The Bertz CT molecular complexity index is 1260. The highest BCUT2D eigenvalue weighted by molar-refractivity contribution is 6.36. The molecule has 2 aromatic carbocycles. The first-order valence-corrected chi connectivity index (χ1v) is 10.6. The fourth-order valence-electron chi connectivity index (χ4n) is 3.63. The van der Waals surface area contributed by atoms with E-state index in [0.717, 1.165) is 11.1 Å². The first kappa shape index (κ1) is 22.4. The van der Waals surface area contributed by atoms with E-state index in [4.69, 9.17) is 21.1 Å². The number of anilines is 1. The summed E-state index contributed by atoms with van der Waals surface area (Å²) in [7, 11) is 3.05. The van der Waals surface area contributed by atoms with Gasteiger partial charge in [-0.15, -0.1) is 0 Å². The molecule has 0 radical (unpaired) electrons. The highest BCUT2D eigenvalue weighted by Gasteiger charge is 2.39. The molecule has 168 valence electrons. The van der Waals surface area contributed by atoms with Gasteiger partial charge in [-0.2, -0.15) is 0 Å². The molecule has 0 atom stereocenters. The molecule has 0 saturated carbocycles. The molecule has 4 rings (SSSR count). The molecule has 0 spiro atoms. The number of nitrogens with one attached hydrogen (secondary N) is 1. The number of benzene rings is 2. The Morgan fingerprint density at radius 3 is 2.48 bits per heavy atom. The number of hydrogen-bond donors (Lipinski definition) is 1. The van der Waals surface area contributed by atoms with Gasteiger partial charge in [-0.25, -0.2) is 0 Å². The second-order valence-corrected chi connectivity index (χ2v) is 7.90. The smallest absolute Gasteiger partial charge is 0.278 e. The topological polar surface area (TPSA) is 80.8 Å². The molecule has 2 heterocycles. The summed E-state index contributed by atoms with van der Waals surface area (Å²) in [5, 5.41) is 3.67. The van der Waals surface area contributed by atoms with E-state index in [2.05, 4.69) is 10.3 Å². The number of halogens is 1. The molecule has 0 unspecified atom stereocenters. The minimum atomic E-state index is -0.437. The number of aryl methyl sites for hydroxylation is 1. The second-order valence-electron chi connectivity index (χ2n) is 7.46. The van der Waals surface area contributed by atoms with Crippen LogP contribution in [0.2, 0.25) is 5.02 Å². The van der Waals surface area contributed by atoms with Crippen LogP contribution in [0.15, 0.2) is 66.6 Å². The third-order valence-corrected chi connectivity index (χ3v) is 5.60. The summed E-state index contributed by atoms with van der Waals surface area (Å²) in [6.07, 6.45) is 3.27. The van der Waals surface area contributed by atoms with Gasteiger partial charge in [0, 0.05) is 23.1 Å². The number of imide groups is 1. The van der Waals surface area contributed by atoms with Gasteiger partial charge in [0.15, 0.2) is 11.5 Å². The lowest BCUT2D eigenvalue weighted by molar-refractivity contribution is -0.137. The van der Waals surface area contributed by atoms with Crippen molar-refractivity contribution < 1.29 is 19.1 Å². The highest BCUT2D eigenvalue weighted by atomic mass is 35.5. The zero-order chi connectivity index (χ0) is 23.5. The molecular weight excluding hydrogens is 442 g/mol. The van der Waals surface area contributed by atoms with Crippen molar-refractivity contribution in [2.45, 2.75) is 13.5 Å². The number of rotatable bonds is 7. The molecule has 7 nitrogen and oxygen atoms in total. The fourth-order valence-corrected chi connectivity index (χ4v) is 3.81. The van der Waals surface area contributed by atoms with Gasteiger partial charge in [0.1, 0.15) is 5.70 Å². The van der Waals surface area contributed by atoms with Crippen LogP contribution in [0.1, 0.15) is 16.7 Å². The van der Waals surface area contributed by atoms with Crippen LogP contribution in [-0.2, 0) is 16.1 Å². The third kappa shape index (κ3) is 4.40. The van der Waals surface area contributed by atoms with Crippen molar-refractivity contribution in [2.24, 2.45) is 0 Å². The van der Waals surface area contributed by atoms with Gasteiger partial charge in [0.25, 0.3) is 11.8 Å². The van der Waals surface area contributed by atoms with Crippen molar-refractivity contribution >= 4 is 34.7 Å². The van der Waals surface area contributed by atoms with E-state index in [1.807, 2.05) is 19.1 Å². The predicted octanol–water partition coefficient (Wildman–Crippen LogP) is 4.45. The van der Waals surface area contributed by atoms with E-state index in [-0.39, 0.29) is 17.8 Å². The van der Waals surface area contributed by atoms with Crippen LogP contribution < -0.4 is 14.8 Å². The molecule has 33 heavy (non-hydrogen) atoms. The van der Waals surface area contributed by atoms with Crippen molar-refractivity contribution in [3.05, 3.63) is 88.3 Å². The maximum absolute atomic E-state index is 13.5. The predicted molar refractivity (Wildman–Crippen MR) is 126 cm³/mol. The van der Waals surface area contributed by atoms with Gasteiger partial charge >= 0.3 is 0 Å². The molecule has 1 aliphatic heterocycles. The third-order valence-electron chi connectivity index (χ3n) is 5.36. The molecule has 3 aromatic rings. The van der Waals surface area contributed by atoms with Crippen molar-refractivity contribution in [2.75, 3.05) is 19.5 Å². The average Bonchev–Trinajstić information content (AvgIpc) is 3.05. The number of carbonyl (C=O) groups excluding carboxylic acids is 2. The number of hydrogen-bond acceptors (Lipinski definition) is 6. The van der Waals surface area contributed by atoms with Gasteiger partial charge < -0.3 is 14.8 Å². The molecule has 0 fully saturated rings. The lowest BCUT2D eigenvalue weighted by Crippen LogP contribution is -2.32. The van der Waals surface area contributed by atoms with E-state index in [1.165, 1.54) is 19.1 Å². The molecule has 1 aromatic heterocycles. The van der Waals surface area contributed by atoms with Crippen molar-refractivity contribution in [1.29, 1.82) is 0 Å². The molecule has 1 aliphatic rings. The number of methoxy groups -OCH3 is 2. The Balaban J connectivity index is 1.81. The summed E-state index contributed by atoms with van der Waals surface area (Å²) >= 11 is 6.17. The molecule has 0 saturated heterocycles. The highest BCUT2D eigenvalue weighted by Crippen LogP contribution is 2.36. The van der Waals surface area contributed by atoms with Gasteiger partial charge in [-0.3, -0.25) is 19.5 Å². The first-order valence-electron chi connectivity index (χ1n) is 10.2. The van der Waals surface area contributed by atoms with Gasteiger partial charge in [-0.1, -0.05) is 29.8 Å². The molecule has 1 N–H and O–H groups in total. The van der Waals surface area contributed by atoms with Gasteiger partial charge in [0.05, 0.1) is 26.3 Å². The van der Waals surface area contributed by atoms with Crippen molar-refractivity contribution in [3.8, 4) is 11.5 Å². The van der Waals surface area contributed by atoms with Crippen LogP contribution in [0.5, 0.6) is 11.5 Å². The van der Waals surface area contributed by atoms with E-state index < -0.39 is 11.8 Å². The molecular formula is C25H22ClN3O4. The number of amides is 2. The van der Waals surface area contributed by atoms with Gasteiger partial charge in [-0.05, 0) is 53.9 Å². The monoisotopic (exact) mass is 463 g/mol. The summed E-state index contributed by atoms with van der Waals surface area (Å²) in [6.45, 7) is 1.99. The van der Waals surface area contributed by atoms with Crippen LogP contribution >= 0.6 is 11.6 Å². The zero-order valence-electron chi connectivity index (χ0n) is 18.4. The van der Waals surface area contributed by atoms with Crippen LogP contribution in [0.3, 0.4) is 0 Å². The van der Waals surface area contributed by atoms with E-state index in [1.54, 1.807) is 48.8 Å². The number of pyridine rings is 1. The Morgan fingerprint density at radius 2 is 1.79 bits per heavy atom. The van der Waals surface area contributed by atoms with E-state index in [0.29, 0.717) is 27.8 Å². The Labute approximate surface area is 196 Å². The zero-order valence-corrected chi connectivity index (χ0v) is 19.1. The summed E-state index contributed by atoms with van der Waals surface area (Å²) in [5.41, 5.74) is 3.20.